The molecule has 0 unspecified atom stereocenters. The van der Waals surface area contributed by atoms with E-state index in [-0.39, 0.29) is 17.9 Å². The van der Waals surface area contributed by atoms with E-state index in [0.717, 1.165) is 19.3 Å². The van der Waals surface area contributed by atoms with Gasteiger partial charge in [-0.05, 0) is 33.1 Å². The fourth-order valence-electron chi connectivity index (χ4n) is 2.34. The lowest BCUT2D eigenvalue weighted by Gasteiger charge is -2.28. The summed E-state index contributed by atoms with van der Waals surface area (Å²) >= 11 is 0. The Kier molecular flexibility index (Phi) is 4.17. The van der Waals surface area contributed by atoms with Gasteiger partial charge < -0.3 is 10.4 Å². The van der Waals surface area contributed by atoms with Crippen molar-refractivity contribution in [2.75, 3.05) is 0 Å². The van der Waals surface area contributed by atoms with E-state index in [0.29, 0.717) is 12.8 Å². The molecule has 0 aromatic carbocycles. The maximum absolute atomic E-state index is 11.9. The third kappa shape index (κ3) is 3.45. The molecule has 1 saturated carbocycles. The van der Waals surface area contributed by atoms with Crippen LogP contribution in [0.25, 0.3) is 0 Å². The first-order chi connectivity index (χ1) is 7.81. The second-order valence-corrected chi connectivity index (χ2v) is 5.75. The van der Waals surface area contributed by atoms with Crippen LogP contribution in [0, 0.1) is 5.41 Å². The van der Waals surface area contributed by atoms with Gasteiger partial charge >= 0.3 is 5.97 Å². The van der Waals surface area contributed by atoms with Gasteiger partial charge in [0.05, 0.1) is 5.41 Å². The van der Waals surface area contributed by atoms with Crippen LogP contribution in [0.3, 0.4) is 0 Å². The summed E-state index contributed by atoms with van der Waals surface area (Å²) in [6, 6.07) is 0. The van der Waals surface area contributed by atoms with Crippen molar-refractivity contribution in [2.24, 2.45) is 5.41 Å². The Balaban J connectivity index is 2.63. The smallest absolute Gasteiger partial charge is 0.310 e. The first-order valence-corrected chi connectivity index (χ1v) is 6.36. The highest BCUT2D eigenvalue weighted by Gasteiger charge is 2.43. The minimum atomic E-state index is -0.820. The molecule has 1 fully saturated rings. The number of amides is 1. The largest absolute Gasteiger partial charge is 0.481 e. The maximum atomic E-state index is 11.9. The van der Waals surface area contributed by atoms with E-state index < -0.39 is 11.4 Å². The van der Waals surface area contributed by atoms with Crippen molar-refractivity contribution >= 4 is 11.9 Å². The van der Waals surface area contributed by atoms with Crippen LogP contribution in [-0.4, -0.2) is 22.5 Å². The summed E-state index contributed by atoms with van der Waals surface area (Å²) in [5.41, 5.74) is -1.07. The lowest BCUT2D eigenvalue weighted by Crippen LogP contribution is -2.45. The van der Waals surface area contributed by atoms with Gasteiger partial charge in [-0.15, -0.1) is 0 Å². The molecule has 1 aliphatic rings. The molecular formula is C13H23NO3. The molecule has 0 aromatic rings. The zero-order chi connectivity index (χ0) is 13.1. The average Bonchev–Trinajstić information content (AvgIpc) is 2.66. The Labute approximate surface area is 103 Å². The van der Waals surface area contributed by atoms with E-state index in [9.17, 15) is 14.7 Å². The molecule has 1 amide bonds. The standard InChI is InChI=1S/C13H23NO3/c1-4-12(2,3)14-10(15)9-13(11(16)17)7-5-6-8-13/h4-9H2,1-3H3,(H,14,15)(H,16,17). The summed E-state index contributed by atoms with van der Waals surface area (Å²) in [7, 11) is 0. The Morgan fingerprint density at radius 2 is 1.82 bits per heavy atom. The van der Waals surface area contributed by atoms with Crippen molar-refractivity contribution in [3.05, 3.63) is 0 Å². The summed E-state index contributed by atoms with van der Waals surface area (Å²) < 4.78 is 0. The number of carboxylic acids is 1. The predicted molar refractivity (Wildman–Crippen MR) is 65.7 cm³/mol. The third-order valence-electron chi connectivity index (χ3n) is 3.87. The number of hydrogen-bond donors (Lipinski definition) is 2. The minimum absolute atomic E-state index is 0.117. The van der Waals surface area contributed by atoms with Crippen LogP contribution in [0.5, 0.6) is 0 Å². The molecule has 0 atom stereocenters. The van der Waals surface area contributed by atoms with Gasteiger partial charge in [0.25, 0.3) is 0 Å². The first-order valence-electron chi connectivity index (χ1n) is 6.36. The number of nitrogens with one attached hydrogen (secondary N) is 1. The van der Waals surface area contributed by atoms with Gasteiger partial charge in [-0.2, -0.15) is 0 Å². The van der Waals surface area contributed by atoms with Gasteiger partial charge in [0, 0.05) is 12.0 Å². The van der Waals surface area contributed by atoms with Crippen molar-refractivity contribution < 1.29 is 14.7 Å². The highest BCUT2D eigenvalue weighted by molar-refractivity contribution is 5.85. The van der Waals surface area contributed by atoms with Crippen molar-refractivity contribution in [2.45, 2.75) is 64.8 Å². The second-order valence-electron chi connectivity index (χ2n) is 5.75. The molecule has 1 aliphatic carbocycles. The number of carbonyl (C=O) groups excluding carboxylic acids is 1. The molecule has 0 bridgehead atoms. The van der Waals surface area contributed by atoms with Gasteiger partial charge in [-0.1, -0.05) is 19.8 Å². The number of carbonyl (C=O) groups is 2. The molecule has 4 heteroatoms. The van der Waals surface area contributed by atoms with Crippen LogP contribution in [-0.2, 0) is 9.59 Å². The second kappa shape index (κ2) is 5.07. The summed E-state index contributed by atoms with van der Waals surface area (Å²) in [6.07, 6.45) is 4.03. The van der Waals surface area contributed by atoms with Crippen LogP contribution >= 0.6 is 0 Å². The highest BCUT2D eigenvalue weighted by atomic mass is 16.4. The molecule has 0 aromatic heterocycles. The Morgan fingerprint density at radius 3 is 2.24 bits per heavy atom. The Bertz CT molecular complexity index is 304. The zero-order valence-corrected chi connectivity index (χ0v) is 11.0. The lowest BCUT2D eigenvalue weighted by molar-refractivity contribution is -0.151. The maximum Gasteiger partial charge on any atom is 0.310 e. The average molecular weight is 241 g/mol. The number of rotatable bonds is 5. The predicted octanol–water partition coefficient (Wildman–Crippen LogP) is 2.33. The van der Waals surface area contributed by atoms with Gasteiger partial charge in [0.1, 0.15) is 0 Å². The van der Waals surface area contributed by atoms with Crippen molar-refractivity contribution in [1.82, 2.24) is 5.32 Å². The SMILES string of the molecule is CCC(C)(C)NC(=O)CC1(C(=O)O)CCCC1. The molecule has 0 heterocycles. The van der Waals surface area contributed by atoms with E-state index in [1.54, 1.807) is 0 Å². The van der Waals surface area contributed by atoms with Crippen LogP contribution in [0.2, 0.25) is 0 Å². The topological polar surface area (TPSA) is 66.4 Å². The molecule has 0 saturated heterocycles. The number of aliphatic carboxylic acids is 1. The van der Waals surface area contributed by atoms with Gasteiger partial charge in [0.2, 0.25) is 5.91 Å². The van der Waals surface area contributed by atoms with E-state index in [1.165, 1.54) is 0 Å². The van der Waals surface area contributed by atoms with Crippen LogP contribution in [0.1, 0.15) is 59.3 Å². The van der Waals surface area contributed by atoms with Crippen molar-refractivity contribution in [1.29, 1.82) is 0 Å². The summed E-state index contributed by atoms with van der Waals surface area (Å²) in [4.78, 5) is 23.2. The summed E-state index contributed by atoms with van der Waals surface area (Å²) in [5, 5.41) is 12.2. The van der Waals surface area contributed by atoms with Crippen molar-refractivity contribution in [3.63, 3.8) is 0 Å². The Hall–Kier alpha value is -1.06. The lowest BCUT2D eigenvalue weighted by atomic mass is 9.82. The highest BCUT2D eigenvalue weighted by Crippen LogP contribution is 2.41. The van der Waals surface area contributed by atoms with E-state index >= 15 is 0 Å². The van der Waals surface area contributed by atoms with Crippen LogP contribution < -0.4 is 5.32 Å². The normalized spacial score (nSPS) is 19.0. The number of hydrogen-bond acceptors (Lipinski definition) is 2. The van der Waals surface area contributed by atoms with Crippen molar-refractivity contribution in [3.8, 4) is 0 Å². The van der Waals surface area contributed by atoms with E-state index in [1.807, 2.05) is 20.8 Å². The Morgan fingerprint density at radius 1 is 1.29 bits per heavy atom. The molecule has 98 valence electrons. The molecule has 4 nitrogen and oxygen atoms in total. The fraction of sp³-hybridized carbons (Fsp3) is 0.846. The first kappa shape index (κ1) is 14.0. The molecule has 17 heavy (non-hydrogen) atoms. The molecule has 0 spiro atoms. The summed E-state index contributed by atoms with van der Waals surface area (Å²) in [6.45, 7) is 5.91. The van der Waals surface area contributed by atoms with Crippen LogP contribution in [0.15, 0.2) is 0 Å². The molecule has 0 aliphatic heterocycles. The quantitative estimate of drug-likeness (QED) is 0.776. The van der Waals surface area contributed by atoms with Crippen LogP contribution in [0.4, 0.5) is 0 Å². The van der Waals surface area contributed by atoms with Gasteiger partial charge in [0.15, 0.2) is 0 Å². The monoisotopic (exact) mass is 241 g/mol. The minimum Gasteiger partial charge on any atom is -0.481 e. The molecular weight excluding hydrogens is 218 g/mol. The zero-order valence-electron chi connectivity index (χ0n) is 11.0. The molecule has 2 N–H and O–H groups in total. The third-order valence-corrected chi connectivity index (χ3v) is 3.87. The van der Waals surface area contributed by atoms with Gasteiger partial charge in [-0.3, -0.25) is 9.59 Å². The molecule has 0 radical (unpaired) electrons. The summed E-state index contributed by atoms with van der Waals surface area (Å²) in [5.74, 6) is -0.958. The van der Waals surface area contributed by atoms with E-state index in [4.69, 9.17) is 0 Å². The van der Waals surface area contributed by atoms with E-state index in [2.05, 4.69) is 5.32 Å². The number of carboxylic acid groups (broad SMARTS) is 1. The van der Waals surface area contributed by atoms with Gasteiger partial charge in [-0.25, -0.2) is 0 Å². The molecule has 1 rings (SSSR count). The fourth-order valence-corrected chi connectivity index (χ4v) is 2.34.